The molecule has 22 heavy (non-hydrogen) atoms. The van der Waals surface area contributed by atoms with Crippen LogP contribution in [0, 0.1) is 0 Å². The number of hydrogen-bond acceptors (Lipinski definition) is 4. The molecule has 1 aromatic carbocycles. The fraction of sp³-hybridized carbons (Fsp3) is 0.667. The molecule has 1 saturated heterocycles. The van der Waals surface area contributed by atoms with Crippen molar-refractivity contribution in [1.29, 1.82) is 0 Å². The van der Waals surface area contributed by atoms with Crippen LogP contribution in [0.1, 0.15) is 32.6 Å². The van der Waals surface area contributed by atoms with Crippen LogP contribution in [0.4, 0.5) is 0 Å². The summed E-state index contributed by atoms with van der Waals surface area (Å²) < 4.78 is 11.4. The zero-order valence-electron chi connectivity index (χ0n) is 14.0. The molecule has 4 nitrogen and oxygen atoms in total. The highest BCUT2D eigenvalue weighted by Crippen LogP contribution is 2.18. The highest BCUT2D eigenvalue weighted by atomic mass is 16.5. The van der Waals surface area contributed by atoms with Gasteiger partial charge in [-0.15, -0.1) is 0 Å². The Hall–Kier alpha value is -1.26. The molecule has 0 spiro atoms. The lowest BCUT2D eigenvalue weighted by Crippen LogP contribution is -2.35. The summed E-state index contributed by atoms with van der Waals surface area (Å²) in [5, 5.41) is 3.46. The van der Waals surface area contributed by atoms with Crippen LogP contribution in [0.15, 0.2) is 24.3 Å². The fourth-order valence-corrected chi connectivity index (χ4v) is 2.78. The number of hydrogen-bond donors (Lipinski definition) is 1. The molecule has 1 unspecified atom stereocenters. The fourth-order valence-electron chi connectivity index (χ4n) is 2.78. The summed E-state index contributed by atoms with van der Waals surface area (Å²) in [5.41, 5.74) is 0. The number of likely N-dealkylation sites (N-methyl/N-ethyl adjacent to an activating group) is 1. The molecule has 0 saturated carbocycles. The maximum absolute atomic E-state index is 5.85. The van der Waals surface area contributed by atoms with Gasteiger partial charge in [-0.2, -0.15) is 0 Å². The maximum Gasteiger partial charge on any atom is 0.119 e. The average molecular weight is 306 g/mol. The summed E-state index contributed by atoms with van der Waals surface area (Å²) in [6, 6.07) is 8.61. The second kappa shape index (κ2) is 9.70. The number of benzene rings is 1. The predicted octanol–water partition coefficient (Wildman–Crippen LogP) is 2.93. The van der Waals surface area contributed by atoms with Crippen LogP contribution in [0.5, 0.6) is 11.5 Å². The SMILES string of the molecule is CCCOc1ccc(OCCN(C)C2CCCNCC2)cc1. The van der Waals surface area contributed by atoms with Gasteiger partial charge in [0.1, 0.15) is 18.1 Å². The number of ether oxygens (including phenoxy) is 2. The molecule has 1 atom stereocenters. The largest absolute Gasteiger partial charge is 0.494 e. The van der Waals surface area contributed by atoms with E-state index in [2.05, 4.69) is 24.2 Å². The minimum atomic E-state index is 0.684. The Morgan fingerprint density at radius 3 is 2.41 bits per heavy atom. The van der Waals surface area contributed by atoms with Gasteiger partial charge in [0.05, 0.1) is 6.61 Å². The van der Waals surface area contributed by atoms with Crippen molar-refractivity contribution in [3.63, 3.8) is 0 Å². The van der Waals surface area contributed by atoms with Gasteiger partial charge in [0.2, 0.25) is 0 Å². The molecule has 1 heterocycles. The van der Waals surface area contributed by atoms with Gasteiger partial charge in [-0.25, -0.2) is 0 Å². The summed E-state index contributed by atoms with van der Waals surface area (Å²) in [6.45, 7) is 6.87. The van der Waals surface area contributed by atoms with Crippen LogP contribution in [-0.4, -0.2) is 50.8 Å². The van der Waals surface area contributed by atoms with Gasteiger partial charge in [-0.3, -0.25) is 4.90 Å². The first kappa shape index (κ1) is 17.1. The van der Waals surface area contributed by atoms with E-state index in [4.69, 9.17) is 9.47 Å². The van der Waals surface area contributed by atoms with Crippen LogP contribution in [0.2, 0.25) is 0 Å². The zero-order valence-corrected chi connectivity index (χ0v) is 14.0. The Morgan fingerprint density at radius 1 is 1.05 bits per heavy atom. The van der Waals surface area contributed by atoms with E-state index in [0.717, 1.165) is 50.8 Å². The van der Waals surface area contributed by atoms with E-state index in [1.165, 1.54) is 19.3 Å². The summed E-state index contributed by atoms with van der Waals surface area (Å²) in [6.07, 6.45) is 4.82. The normalized spacial score (nSPS) is 19.0. The molecule has 0 aliphatic carbocycles. The van der Waals surface area contributed by atoms with E-state index in [9.17, 15) is 0 Å². The van der Waals surface area contributed by atoms with Gasteiger partial charge in [0.15, 0.2) is 0 Å². The molecule has 1 N–H and O–H groups in total. The molecule has 0 aromatic heterocycles. The number of nitrogens with one attached hydrogen (secondary N) is 1. The smallest absolute Gasteiger partial charge is 0.119 e. The van der Waals surface area contributed by atoms with Crippen LogP contribution in [0.25, 0.3) is 0 Å². The highest BCUT2D eigenvalue weighted by Gasteiger charge is 2.16. The van der Waals surface area contributed by atoms with Gasteiger partial charge in [0.25, 0.3) is 0 Å². The molecule has 0 amide bonds. The monoisotopic (exact) mass is 306 g/mol. The molecule has 4 heteroatoms. The van der Waals surface area contributed by atoms with Gasteiger partial charge in [-0.1, -0.05) is 6.92 Å². The van der Waals surface area contributed by atoms with E-state index in [0.29, 0.717) is 6.04 Å². The molecule has 0 bridgehead atoms. The predicted molar refractivity (Wildman–Crippen MR) is 90.9 cm³/mol. The van der Waals surface area contributed by atoms with Gasteiger partial charge in [-0.05, 0) is 70.1 Å². The molecule has 124 valence electrons. The van der Waals surface area contributed by atoms with Crippen molar-refractivity contribution in [2.24, 2.45) is 0 Å². The molecule has 1 aliphatic rings. The maximum atomic E-state index is 5.85. The van der Waals surface area contributed by atoms with Crippen molar-refractivity contribution in [3.05, 3.63) is 24.3 Å². The van der Waals surface area contributed by atoms with Crippen molar-refractivity contribution in [3.8, 4) is 11.5 Å². The van der Waals surface area contributed by atoms with Crippen LogP contribution in [-0.2, 0) is 0 Å². The Morgan fingerprint density at radius 2 is 1.73 bits per heavy atom. The summed E-state index contributed by atoms with van der Waals surface area (Å²) in [5.74, 6) is 1.83. The lowest BCUT2D eigenvalue weighted by Gasteiger charge is -2.26. The first-order valence-corrected chi connectivity index (χ1v) is 8.56. The lowest BCUT2D eigenvalue weighted by molar-refractivity contribution is 0.180. The van der Waals surface area contributed by atoms with Gasteiger partial charge >= 0.3 is 0 Å². The van der Waals surface area contributed by atoms with Crippen molar-refractivity contribution in [2.75, 3.05) is 39.9 Å². The second-order valence-electron chi connectivity index (χ2n) is 5.98. The lowest BCUT2D eigenvalue weighted by atomic mass is 10.1. The molecular weight excluding hydrogens is 276 g/mol. The summed E-state index contributed by atoms with van der Waals surface area (Å²) >= 11 is 0. The minimum Gasteiger partial charge on any atom is -0.494 e. The molecular formula is C18H30N2O2. The molecule has 0 radical (unpaired) electrons. The molecule has 1 aliphatic heterocycles. The van der Waals surface area contributed by atoms with Gasteiger partial charge in [0, 0.05) is 12.6 Å². The van der Waals surface area contributed by atoms with E-state index >= 15 is 0 Å². The quantitative estimate of drug-likeness (QED) is 0.801. The van der Waals surface area contributed by atoms with E-state index in [1.807, 2.05) is 24.3 Å². The minimum absolute atomic E-state index is 0.684. The van der Waals surface area contributed by atoms with Crippen LogP contribution in [0.3, 0.4) is 0 Å². The molecule has 1 aromatic rings. The Balaban J connectivity index is 1.68. The standard InChI is InChI=1S/C18H30N2O2/c1-3-14-21-17-6-8-18(9-7-17)22-15-13-20(2)16-5-4-11-19-12-10-16/h6-9,16,19H,3-5,10-15H2,1-2H3. The first-order valence-electron chi connectivity index (χ1n) is 8.56. The number of rotatable bonds is 8. The van der Waals surface area contributed by atoms with E-state index < -0.39 is 0 Å². The topological polar surface area (TPSA) is 33.7 Å². The first-order chi connectivity index (χ1) is 10.8. The average Bonchev–Trinajstić information content (AvgIpc) is 2.83. The third-order valence-corrected chi connectivity index (χ3v) is 4.18. The third-order valence-electron chi connectivity index (χ3n) is 4.18. The zero-order chi connectivity index (χ0) is 15.6. The molecule has 2 rings (SSSR count). The van der Waals surface area contributed by atoms with E-state index in [-0.39, 0.29) is 0 Å². The number of nitrogens with zero attached hydrogens (tertiary/aromatic N) is 1. The highest BCUT2D eigenvalue weighted by molar-refractivity contribution is 5.31. The summed E-state index contributed by atoms with van der Waals surface area (Å²) in [4.78, 5) is 2.44. The summed E-state index contributed by atoms with van der Waals surface area (Å²) in [7, 11) is 2.21. The third kappa shape index (κ3) is 5.85. The van der Waals surface area contributed by atoms with E-state index in [1.54, 1.807) is 0 Å². The van der Waals surface area contributed by atoms with Gasteiger partial charge < -0.3 is 14.8 Å². The Bertz CT molecular complexity index is 400. The van der Waals surface area contributed by atoms with Crippen molar-refractivity contribution in [1.82, 2.24) is 10.2 Å². The second-order valence-corrected chi connectivity index (χ2v) is 5.98. The Labute approximate surface area is 134 Å². The Kier molecular flexibility index (Phi) is 7.54. The van der Waals surface area contributed by atoms with Crippen LogP contribution >= 0.6 is 0 Å². The van der Waals surface area contributed by atoms with Crippen molar-refractivity contribution in [2.45, 2.75) is 38.6 Å². The van der Waals surface area contributed by atoms with Crippen LogP contribution < -0.4 is 14.8 Å². The van der Waals surface area contributed by atoms with Crippen molar-refractivity contribution < 1.29 is 9.47 Å². The van der Waals surface area contributed by atoms with Crippen molar-refractivity contribution >= 4 is 0 Å². The molecule has 1 fully saturated rings.